The zero-order valence-electron chi connectivity index (χ0n) is 18.7. The van der Waals surface area contributed by atoms with E-state index >= 15 is 0 Å². The van der Waals surface area contributed by atoms with Gasteiger partial charge in [0.1, 0.15) is 11.6 Å². The van der Waals surface area contributed by atoms with Crippen molar-refractivity contribution in [2.45, 2.75) is 32.7 Å². The van der Waals surface area contributed by atoms with E-state index < -0.39 is 29.0 Å². The number of halogens is 2. The molecule has 34 heavy (non-hydrogen) atoms. The predicted molar refractivity (Wildman–Crippen MR) is 128 cm³/mol. The number of aliphatic hydroxyl groups excluding tert-OH is 1. The molecule has 0 spiro atoms. The first-order valence-corrected chi connectivity index (χ1v) is 12.0. The third-order valence-electron chi connectivity index (χ3n) is 5.67. The van der Waals surface area contributed by atoms with Gasteiger partial charge in [-0.05, 0) is 54.4 Å². The highest BCUT2D eigenvalue weighted by Gasteiger charge is 2.20. The summed E-state index contributed by atoms with van der Waals surface area (Å²) in [5, 5.41) is 11.9. The molecule has 0 aliphatic heterocycles. The van der Waals surface area contributed by atoms with Gasteiger partial charge in [0.15, 0.2) is 0 Å². The van der Waals surface area contributed by atoms with Crippen molar-refractivity contribution in [3.63, 3.8) is 0 Å². The first kappa shape index (κ1) is 24.4. The summed E-state index contributed by atoms with van der Waals surface area (Å²) >= 11 is -2.30. The number of benzene rings is 3. The zero-order valence-corrected chi connectivity index (χ0v) is 19.5. The number of nitrogens with zero attached hydrogens (tertiary/aromatic N) is 2. The Morgan fingerprint density at radius 3 is 2.06 bits per heavy atom. The number of ether oxygens (including phenoxy) is 1. The van der Waals surface area contributed by atoms with Crippen molar-refractivity contribution in [3.05, 3.63) is 83.4 Å². The minimum atomic E-state index is -2.30. The van der Waals surface area contributed by atoms with Crippen molar-refractivity contribution in [2.75, 3.05) is 13.2 Å². The van der Waals surface area contributed by atoms with Crippen LogP contribution < -0.4 is 0 Å². The topological polar surface area (TPSA) is 74.9 Å². The van der Waals surface area contributed by atoms with E-state index in [1.165, 1.54) is 28.6 Å². The van der Waals surface area contributed by atoms with Crippen LogP contribution >= 0.6 is 0 Å². The van der Waals surface area contributed by atoms with Gasteiger partial charge in [0.05, 0.1) is 19.3 Å². The second kappa shape index (κ2) is 10.7. The minimum Gasteiger partial charge on any atom is -0.390 e. The molecule has 9 heteroatoms. The maximum absolute atomic E-state index is 13.9. The third-order valence-corrected chi connectivity index (χ3v) is 6.39. The fraction of sp³-hybridized carbons (Fsp3) is 0.280. The summed E-state index contributed by atoms with van der Waals surface area (Å²) in [6.45, 7) is 3.21. The predicted octanol–water partition coefficient (Wildman–Crippen LogP) is 4.61. The SMILES string of the molecule is CCOCc1ccc(CN(CC(O)Cn2c3ccc(F)cc3c3cc(F)ccc32)S(=O)O)cc1. The second-order valence-electron chi connectivity index (χ2n) is 8.09. The largest absolute Gasteiger partial charge is 0.390 e. The average Bonchev–Trinajstić information content (AvgIpc) is 3.09. The van der Waals surface area contributed by atoms with Crippen LogP contribution in [0.25, 0.3) is 21.8 Å². The van der Waals surface area contributed by atoms with E-state index in [1.807, 2.05) is 31.2 Å². The normalized spacial score (nSPS) is 13.7. The molecule has 0 amide bonds. The smallest absolute Gasteiger partial charge is 0.234 e. The van der Waals surface area contributed by atoms with Crippen molar-refractivity contribution in [2.24, 2.45) is 0 Å². The lowest BCUT2D eigenvalue weighted by Gasteiger charge is -2.22. The first-order valence-electron chi connectivity index (χ1n) is 10.9. The van der Waals surface area contributed by atoms with E-state index in [0.29, 0.717) is 35.0 Å². The Hall–Kier alpha value is -2.69. The molecule has 2 unspecified atom stereocenters. The van der Waals surface area contributed by atoms with E-state index in [-0.39, 0.29) is 19.6 Å². The molecule has 4 aromatic rings. The highest BCUT2D eigenvalue weighted by molar-refractivity contribution is 7.76. The van der Waals surface area contributed by atoms with E-state index in [2.05, 4.69) is 0 Å². The highest BCUT2D eigenvalue weighted by atomic mass is 32.2. The van der Waals surface area contributed by atoms with Crippen LogP contribution in [0.2, 0.25) is 0 Å². The molecule has 0 radical (unpaired) electrons. The molecule has 2 N–H and O–H groups in total. The molecule has 3 aromatic carbocycles. The van der Waals surface area contributed by atoms with Gasteiger partial charge in [0.25, 0.3) is 0 Å². The molecule has 1 aromatic heterocycles. The summed E-state index contributed by atoms with van der Waals surface area (Å²) in [4.78, 5) is 0. The average molecular weight is 489 g/mol. The van der Waals surface area contributed by atoms with Crippen molar-refractivity contribution in [1.29, 1.82) is 0 Å². The summed E-state index contributed by atoms with van der Waals surface area (Å²) in [6, 6.07) is 16.0. The molecular weight excluding hydrogens is 462 g/mol. The highest BCUT2D eigenvalue weighted by Crippen LogP contribution is 2.30. The van der Waals surface area contributed by atoms with Crippen LogP contribution in [0, 0.1) is 11.6 Å². The fourth-order valence-corrected chi connectivity index (χ4v) is 4.66. The molecule has 4 rings (SSSR count). The number of hydrogen-bond donors (Lipinski definition) is 2. The summed E-state index contributed by atoms with van der Waals surface area (Å²) in [5.74, 6) is -0.879. The summed E-state index contributed by atoms with van der Waals surface area (Å²) < 4.78 is 57.9. The van der Waals surface area contributed by atoms with Crippen molar-refractivity contribution in [3.8, 4) is 0 Å². The van der Waals surface area contributed by atoms with Crippen LogP contribution in [0.1, 0.15) is 18.1 Å². The number of aromatic nitrogens is 1. The first-order chi connectivity index (χ1) is 16.4. The van der Waals surface area contributed by atoms with Gasteiger partial charge in [-0.2, -0.15) is 4.31 Å². The van der Waals surface area contributed by atoms with Crippen LogP contribution in [0.5, 0.6) is 0 Å². The molecule has 0 saturated carbocycles. The Balaban J connectivity index is 1.53. The van der Waals surface area contributed by atoms with E-state index in [4.69, 9.17) is 4.74 Å². The van der Waals surface area contributed by atoms with Crippen molar-refractivity contribution >= 4 is 33.1 Å². The van der Waals surface area contributed by atoms with Crippen LogP contribution in [0.15, 0.2) is 60.7 Å². The van der Waals surface area contributed by atoms with Gasteiger partial charge in [-0.3, -0.25) is 4.55 Å². The lowest BCUT2D eigenvalue weighted by atomic mass is 10.1. The number of rotatable bonds is 10. The Labute approximate surface area is 198 Å². The molecule has 6 nitrogen and oxygen atoms in total. The number of aliphatic hydroxyl groups is 1. The maximum atomic E-state index is 13.9. The Morgan fingerprint density at radius 2 is 1.53 bits per heavy atom. The Bertz CT molecular complexity index is 1250. The van der Waals surface area contributed by atoms with Crippen molar-refractivity contribution < 1.29 is 27.4 Å². The van der Waals surface area contributed by atoms with Crippen molar-refractivity contribution in [1.82, 2.24) is 8.87 Å². The molecule has 0 bridgehead atoms. The van der Waals surface area contributed by atoms with Gasteiger partial charge in [0.2, 0.25) is 11.3 Å². The molecule has 0 fully saturated rings. The molecule has 180 valence electrons. The monoisotopic (exact) mass is 488 g/mol. The minimum absolute atomic E-state index is 0.0760. The third kappa shape index (κ3) is 5.51. The molecule has 1 heterocycles. The Kier molecular flexibility index (Phi) is 7.70. The van der Waals surface area contributed by atoms with Gasteiger partial charge < -0.3 is 14.4 Å². The molecule has 0 aliphatic carbocycles. The summed E-state index contributed by atoms with van der Waals surface area (Å²) in [6.07, 6.45) is -1.01. The van der Waals surface area contributed by atoms with Crippen LogP contribution in [0.3, 0.4) is 0 Å². The van der Waals surface area contributed by atoms with Gasteiger partial charge in [-0.25, -0.2) is 13.0 Å². The molecule has 0 aliphatic rings. The summed E-state index contributed by atoms with van der Waals surface area (Å²) in [5.41, 5.74) is 3.10. The lowest BCUT2D eigenvalue weighted by Crippen LogP contribution is -2.35. The van der Waals surface area contributed by atoms with Gasteiger partial charge in [-0.1, -0.05) is 24.3 Å². The lowest BCUT2D eigenvalue weighted by molar-refractivity contribution is 0.128. The standard InChI is InChI=1S/C25H26F2N2O4S/c1-2-33-16-18-5-3-17(4-6-18)13-28(34(31)32)14-21(30)15-29-24-9-7-19(26)11-22(24)23-12-20(27)8-10-25(23)29/h3-12,21,30H,2,13-16H2,1H3,(H,31,32). The van der Waals surface area contributed by atoms with Crippen LogP contribution in [0.4, 0.5) is 8.78 Å². The molecular formula is C25H26F2N2O4S. The van der Waals surface area contributed by atoms with Crippen LogP contribution in [-0.4, -0.2) is 42.0 Å². The molecule has 2 atom stereocenters. The van der Waals surface area contributed by atoms with Gasteiger partial charge >= 0.3 is 0 Å². The maximum Gasteiger partial charge on any atom is 0.234 e. The van der Waals surface area contributed by atoms with E-state index in [1.54, 1.807) is 16.7 Å². The van der Waals surface area contributed by atoms with E-state index in [9.17, 15) is 22.6 Å². The van der Waals surface area contributed by atoms with E-state index in [0.717, 1.165) is 11.1 Å². The fourth-order valence-electron chi connectivity index (χ4n) is 4.10. The number of fused-ring (bicyclic) bond motifs is 3. The van der Waals surface area contributed by atoms with Gasteiger partial charge in [-0.15, -0.1) is 0 Å². The summed E-state index contributed by atoms with van der Waals surface area (Å²) in [7, 11) is 0. The van der Waals surface area contributed by atoms with Crippen LogP contribution in [-0.2, 0) is 35.7 Å². The molecule has 0 saturated heterocycles. The number of hydrogen-bond acceptors (Lipinski definition) is 3. The van der Waals surface area contributed by atoms with Gasteiger partial charge in [0, 0.05) is 41.5 Å². The zero-order chi connectivity index (χ0) is 24.2. The Morgan fingerprint density at radius 1 is 0.971 bits per heavy atom. The quantitative estimate of drug-likeness (QED) is 0.320. The second-order valence-corrected chi connectivity index (χ2v) is 9.07.